The van der Waals surface area contributed by atoms with Crippen molar-refractivity contribution in [3.63, 3.8) is 0 Å². The number of hydrogen-bond acceptors (Lipinski definition) is 3. The Bertz CT molecular complexity index is 4010. The first-order valence-corrected chi connectivity index (χ1v) is 24.0. The summed E-state index contributed by atoms with van der Waals surface area (Å²) in [5.41, 5.74) is 1.67. The third-order valence-electron chi connectivity index (χ3n) is 13.6. The van der Waals surface area contributed by atoms with Crippen LogP contribution in [0.25, 0.3) is 111 Å². The van der Waals surface area contributed by atoms with Crippen LogP contribution in [0.4, 0.5) is 39.5 Å². The Morgan fingerprint density at radius 3 is 1.07 bits per heavy atom. The second-order valence-electron chi connectivity index (χ2n) is 18.8. The molecule has 76 heavy (non-hydrogen) atoms. The van der Waals surface area contributed by atoms with E-state index in [1.165, 1.54) is 21.3 Å². The van der Waals surface area contributed by atoms with Gasteiger partial charge in [-0.2, -0.15) is 39.5 Å². The zero-order chi connectivity index (χ0) is 52.8. The van der Waals surface area contributed by atoms with E-state index in [1.54, 1.807) is 111 Å². The molecule has 9 aromatic carbocycles. The van der Waals surface area contributed by atoms with Gasteiger partial charge in [0.25, 0.3) is 0 Å². The Labute approximate surface area is 427 Å². The highest BCUT2D eigenvalue weighted by Gasteiger charge is 2.40. The molecule has 0 aliphatic rings. The quantitative estimate of drug-likeness (QED) is 0.150. The number of aryl methyl sites for hydroxylation is 2. The Kier molecular flexibility index (Phi) is 11.2. The number of alkyl halides is 9. The Morgan fingerprint density at radius 1 is 0.303 bits per heavy atom. The van der Waals surface area contributed by atoms with Gasteiger partial charge in [-0.05, 0) is 120 Å². The van der Waals surface area contributed by atoms with Crippen LogP contribution in [0.5, 0.6) is 0 Å². The molecular formula is C62H38F9N5. The molecule has 0 aliphatic heterocycles. The van der Waals surface area contributed by atoms with Crippen LogP contribution in [0, 0.1) is 13.8 Å². The van der Waals surface area contributed by atoms with Gasteiger partial charge >= 0.3 is 18.5 Å². The lowest BCUT2D eigenvalue weighted by Gasteiger charge is -2.23. The number of nitrogens with zero attached hydrogens (tertiary/aromatic N) is 5. The molecule has 3 heterocycles. The fourth-order valence-corrected chi connectivity index (χ4v) is 10.4. The molecule has 0 spiro atoms. The normalized spacial score (nSPS) is 12.4. The summed E-state index contributed by atoms with van der Waals surface area (Å²) in [6.45, 7) is 3.13. The van der Waals surface area contributed by atoms with Crippen LogP contribution in [0.1, 0.15) is 27.8 Å². The van der Waals surface area contributed by atoms with Gasteiger partial charge in [-0.25, -0.2) is 15.0 Å². The van der Waals surface area contributed by atoms with E-state index in [0.29, 0.717) is 77.0 Å². The summed E-state index contributed by atoms with van der Waals surface area (Å²) in [5.74, 6) is 0.571. The van der Waals surface area contributed by atoms with Gasteiger partial charge < -0.3 is 9.13 Å². The van der Waals surface area contributed by atoms with Crippen LogP contribution < -0.4 is 0 Å². The maximum Gasteiger partial charge on any atom is 0.420 e. The van der Waals surface area contributed by atoms with Gasteiger partial charge in [-0.15, -0.1) is 0 Å². The van der Waals surface area contributed by atoms with Crippen molar-refractivity contribution in [2.45, 2.75) is 32.4 Å². The summed E-state index contributed by atoms with van der Waals surface area (Å²) in [6, 6.07) is 52.1. The lowest BCUT2D eigenvalue weighted by molar-refractivity contribution is -0.138. The Hall–Kier alpha value is -9.04. The molecule has 3 aromatic heterocycles. The molecule has 12 aromatic rings. The first kappa shape index (κ1) is 47.9. The lowest BCUT2D eigenvalue weighted by atomic mass is 9.98. The molecule has 0 saturated heterocycles. The largest absolute Gasteiger partial charge is 0.420 e. The van der Waals surface area contributed by atoms with Gasteiger partial charge in [0.05, 0.1) is 44.6 Å². The number of halogens is 9. The van der Waals surface area contributed by atoms with Crippen LogP contribution in [0.15, 0.2) is 194 Å². The number of fused-ring (bicyclic) bond motifs is 6. The molecule has 0 radical (unpaired) electrons. The molecule has 14 heteroatoms. The average molecular weight is 1020 g/mol. The van der Waals surface area contributed by atoms with Crippen molar-refractivity contribution in [1.29, 1.82) is 0 Å². The van der Waals surface area contributed by atoms with E-state index >= 15 is 13.2 Å². The fourth-order valence-electron chi connectivity index (χ4n) is 10.4. The lowest BCUT2D eigenvalue weighted by Crippen LogP contribution is -2.16. The summed E-state index contributed by atoms with van der Waals surface area (Å²) in [5, 5.41) is 2.04. The van der Waals surface area contributed by atoms with Crippen molar-refractivity contribution in [3.8, 4) is 67.8 Å². The summed E-state index contributed by atoms with van der Waals surface area (Å²) in [4.78, 5) is 14.8. The maximum atomic E-state index is 16.9. The summed E-state index contributed by atoms with van der Waals surface area (Å²) in [6.07, 6.45) is -14.3. The van der Waals surface area contributed by atoms with Crippen LogP contribution in [-0.2, 0) is 18.5 Å². The van der Waals surface area contributed by atoms with Crippen LogP contribution in [-0.4, -0.2) is 24.1 Å². The van der Waals surface area contributed by atoms with Crippen molar-refractivity contribution in [1.82, 2.24) is 24.1 Å². The highest BCUT2D eigenvalue weighted by Crippen LogP contribution is 2.47. The highest BCUT2D eigenvalue weighted by atomic mass is 19.4. The van der Waals surface area contributed by atoms with Crippen LogP contribution in [0.2, 0.25) is 0 Å². The SMILES string of the molecule is Cc1cc(-c2ccc3c(c2)c2ccccc2n3-c2cc(-c3nc(-c4ccccc4)nc(-c4ccccc4)n3)cc(-n3c4ccccc4c4cc(-c5cc(C)cc(C(F)(F)F)c5)ccc43)c2C(F)(F)F)cc(C(F)(F)F)c1. The standard InChI is InChI=1S/C62H38F9N5/c1-35-25-41(29-44(27-35)60(63,64)65)39-21-23-52-48(31-39)46-17-9-11-19-50(46)75(52)54-33-43(59-73-57(37-13-5-3-6-14-37)72-58(74-59)38-15-7-4-8-16-38)34-55(56(54)62(69,70)71)76-51-20-12-10-18-47(51)49-32-40(22-24-53(49)76)42-26-36(2)28-45(30-42)61(66,67)68/h3-34H,1-2H3. The van der Waals surface area contributed by atoms with Crippen molar-refractivity contribution in [2.24, 2.45) is 0 Å². The van der Waals surface area contributed by atoms with Crippen molar-refractivity contribution < 1.29 is 39.5 Å². The van der Waals surface area contributed by atoms with Gasteiger partial charge in [0.2, 0.25) is 0 Å². The summed E-state index contributed by atoms with van der Waals surface area (Å²) < 4.78 is 138. The molecule has 0 unspecified atom stereocenters. The molecule has 0 amide bonds. The second-order valence-corrected chi connectivity index (χ2v) is 18.8. The average Bonchev–Trinajstić information content (AvgIpc) is 4.03. The molecule has 0 aliphatic carbocycles. The van der Waals surface area contributed by atoms with E-state index in [2.05, 4.69) is 0 Å². The summed E-state index contributed by atoms with van der Waals surface area (Å²) in [7, 11) is 0. The van der Waals surface area contributed by atoms with Gasteiger partial charge in [0.15, 0.2) is 17.5 Å². The molecule has 0 atom stereocenters. The van der Waals surface area contributed by atoms with Gasteiger partial charge in [-0.1, -0.05) is 121 Å². The number of rotatable bonds is 7. The summed E-state index contributed by atoms with van der Waals surface area (Å²) >= 11 is 0. The zero-order valence-corrected chi connectivity index (χ0v) is 40.1. The minimum atomic E-state index is -5.08. The maximum absolute atomic E-state index is 16.9. The first-order chi connectivity index (χ1) is 36.4. The van der Waals surface area contributed by atoms with Crippen molar-refractivity contribution in [3.05, 3.63) is 222 Å². The third-order valence-corrected chi connectivity index (χ3v) is 13.6. The molecule has 374 valence electrons. The molecule has 0 N–H and O–H groups in total. The van der Waals surface area contributed by atoms with Crippen LogP contribution in [0.3, 0.4) is 0 Å². The number of aromatic nitrogens is 5. The molecule has 5 nitrogen and oxygen atoms in total. The van der Waals surface area contributed by atoms with E-state index in [9.17, 15) is 26.3 Å². The predicted molar refractivity (Wildman–Crippen MR) is 280 cm³/mol. The third kappa shape index (κ3) is 8.49. The van der Waals surface area contributed by atoms with Crippen molar-refractivity contribution in [2.75, 3.05) is 0 Å². The number of benzene rings is 9. The molecular weight excluding hydrogens is 986 g/mol. The van der Waals surface area contributed by atoms with Crippen LogP contribution >= 0.6 is 0 Å². The molecule has 0 saturated carbocycles. The van der Waals surface area contributed by atoms with E-state index in [-0.39, 0.29) is 45.5 Å². The molecule has 12 rings (SSSR count). The monoisotopic (exact) mass is 1020 g/mol. The van der Waals surface area contributed by atoms with E-state index in [1.807, 2.05) is 60.7 Å². The topological polar surface area (TPSA) is 48.5 Å². The zero-order valence-electron chi connectivity index (χ0n) is 40.1. The van der Waals surface area contributed by atoms with Gasteiger partial charge in [-0.3, -0.25) is 0 Å². The Morgan fingerprint density at radius 2 is 0.671 bits per heavy atom. The van der Waals surface area contributed by atoms with E-state index < -0.39 is 35.2 Å². The Balaban J connectivity index is 1.19. The van der Waals surface area contributed by atoms with Crippen molar-refractivity contribution >= 4 is 43.6 Å². The predicted octanol–water partition coefficient (Wildman–Crippen LogP) is 18.1. The first-order valence-electron chi connectivity index (χ1n) is 24.0. The van der Waals surface area contributed by atoms with Gasteiger partial charge in [0.1, 0.15) is 5.56 Å². The smallest absolute Gasteiger partial charge is 0.309 e. The highest BCUT2D eigenvalue weighted by molar-refractivity contribution is 6.12. The molecule has 0 fully saturated rings. The van der Waals surface area contributed by atoms with Gasteiger partial charge in [0, 0.05) is 38.2 Å². The minimum absolute atomic E-state index is 0.0508. The minimum Gasteiger partial charge on any atom is -0.309 e. The number of para-hydroxylation sites is 2. The second kappa shape index (κ2) is 17.8. The van der Waals surface area contributed by atoms with E-state index in [4.69, 9.17) is 15.0 Å². The van der Waals surface area contributed by atoms with E-state index in [0.717, 1.165) is 24.3 Å². The molecule has 0 bridgehead atoms. The fraction of sp³-hybridized carbons (Fsp3) is 0.0806. The number of hydrogen-bond donors (Lipinski definition) is 0.